The number of hydrogen-bond donors (Lipinski definition) is 1. The number of benzene rings is 2. The summed E-state index contributed by atoms with van der Waals surface area (Å²) in [5.74, 6) is 0.936. The average molecular weight is 409 g/mol. The molecule has 0 bridgehead atoms. The SMILES string of the molecule is COc1cc(/C=N/n2c(-c3ccc(Cl)c(Cl)c3)nn(C)c2=S)ccc1O. The Labute approximate surface area is 164 Å². The number of nitrogens with zero attached hydrogens (tertiary/aromatic N) is 4. The number of halogens is 2. The predicted molar refractivity (Wildman–Crippen MR) is 105 cm³/mol. The van der Waals surface area contributed by atoms with Crippen LogP contribution in [0.1, 0.15) is 5.56 Å². The monoisotopic (exact) mass is 408 g/mol. The van der Waals surface area contributed by atoms with Gasteiger partial charge in [0.15, 0.2) is 17.3 Å². The van der Waals surface area contributed by atoms with Crippen LogP contribution in [0, 0.1) is 4.77 Å². The van der Waals surface area contributed by atoms with Crippen molar-refractivity contribution in [1.82, 2.24) is 14.5 Å². The quantitative estimate of drug-likeness (QED) is 0.508. The van der Waals surface area contributed by atoms with Crippen LogP contribution in [-0.2, 0) is 7.05 Å². The van der Waals surface area contributed by atoms with Crippen molar-refractivity contribution in [3.8, 4) is 22.9 Å². The molecule has 1 aromatic heterocycles. The second-order valence-corrected chi connectivity index (χ2v) is 6.53. The molecule has 0 atom stereocenters. The number of hydrogen-bond acceptors (Lipinski definition) is 5. The summed E-state index contributed by atoms with van der Waals surface area (Å²) in [6.45, 7) is 0. The number of phenols is 1. The molecule has 2 aromatic carbocycles. The van der Waals surface area contributed by atoms with Crippen LogP contribution in [0.4, 0.5) is 0 Å². The Morgan fingerprint density at radius 1 is 1.19 bits per heavy atom. The lowest BCUT2D eigenvalue weighted by Gasteiger charge is -2.04. The highest BCUT2D eigenvalue weighted by atomic mass is 35.5. The van der Waals surface area contributed by atoms with Crippen LogP contribution < -0.4 is 4.74 Å². The van der Waals surface area contributed by atoms with E-state index in [-0.39, 0.29) is 5.75 Å². The van der Waals surface area contributed by atoms with Crippen LogP contribution in [0.25, 0.3) is 11.4 Å². The second-order valence-electron chi connectivity index (χ2n) is 5.35. The average Bonchev–Trinajstić information content (AvgIpc) is 2.91. The van der Waals surface area contributed by atoms with Gasteiger partial charge in [0.1, 0.15) is 0 Å². The molecule has 9 heteroatoms. The number of ether oxygens (including phenoxy) is 1. The Hall–Kier alpha value is -2.35. The number of aryl methyl sites for hydroxylation is 1. The predicted octanol–water partition coefficient (Wildman–Crippen LogP) is 4.52. The minimum atomic E-state index is 0.0548. The molecule has 6 nitrogen and oxygen atoms in total. The van der Waals surface area contributed by atoms with Crippen molar-refractivity contribution in [2.45, 2.75) is 0 Å². The van der Waals surface area contributed by atoms with Crippen molar-refractivity contribution in [1.29, 1.82) is 0 Å². The van der Waals surface area contributed by atoms with Crippen LogP contribution in [0.3, 0.4) is 0 Å². The van der Waals surface area contributed by atoms with Crippen molar-refractivity contribution in [3.05, 3.63) is 56.8 Å². The molecular formula is C17H14Cl2N4O2S. The number of rotatable bonds is 4. The van der Waals surface area contributed by atoms with Crippen LogP contribution in [0.15, 0.2) is 41.5 Å². The lowest BCUT2D eigenvalue weighted by Crippen LogP contribution is -1.96. The fourth-order valence-electron chi connectivity index (χ4n) is 2.27. The highest BCUT2D eigenvalue weighted by molar-refractivity contribution is 7.71. The molecular weight excluding hydrogens is 395 g/mol. The Balaban J connectivity index is 2.05. The van der Waals surface area contributed by atoms with Gasteiger partial charge in [0.25, 0.3) is 0 Å². The molecule has 0 aliphatic heterocycles. The molecule has 3 rings (SSSR count). The first-order valence-electron chi connectivity index (χ1n) is 7.43. The van der Waals surface area contributed by atoms with E-state index in [0.717, 1.165) is 11.1 Å². The first kappa shape index (κ1) is 18.4. The van der Waals surface area contributed by atoms with Gasteiger partial charge in [0, 0.05) is 12.6 Å². The second kappa shape index (κ2) is 7.49. The summed E-state index contributed by atoms with van der Waals surface area (Å²) in [6, 6.07) is 10.1. The molecule has 0 spiro atoms. The van der Waals surface area contributed by atoms with Gasteiger partial charge in [-0.05, 0) is 54.2 Å². The molecule has 0 aliphatic carbocycles. The van der Waals surface area contributed by atoms with Gasteiger partial charge in [-0.3, -0.25) is 0 Å². The van der Waals surface area contributed by atoms with Gasteiger partial charge in [-0.2, -0.15) is 9.78 Å². The molecule has 0 unspecified atom stereocenters. The number of methoxy groups -OCH3 is 1. The van der Waals surface area contributed by atoms with E-state index in [0.29, 0.717) is 26.4 Å². The van der Waals surface area contributed by atoms with E-state index in [4.69, 9.17) is 40.2 Å². The highest BCUT2D eigenvalue weighted by Gasteiger charge is 2.12. The molecule has 1 heterocycles. The van der Waals surface area contributed by atoms with Crippen molar-refractivity contribution >= 4 is 41.6 Å². The summed E-state index contributed by atoms with van der Waals surface area (Å²) >= 11 is 17.5. The third-order valence-corrected chi connectivity index (χ3v) is 4.78. The molecule has 0 saturated carbocycles. The Morgan fingerprint density at radius 3 is 2.65 bits per heavy atom. The van der Waals surface area contributed by atoms with Crippen LogP contribution in [-0.4, -0.2) is 32.9 Å². The van der Waals surface area contributed by atoms with E-state index < -0.39 is 0 Å². The van der Waals surface area contributed by atoms with Crippen molar-refractivity contribution in [2.75, 3.05) is 7.11 Å². The van der Waals surface area contributed by atoms with Crippen LogP contribution in [0.5, 0.6) is 11.5 Å². The van der Waals surface area contributed by atoms with Gasteiger partial charge in [0.2, 0.25) is 4.77 Å². The maximum absolute atomic E-state index is 9.68. The first-order chi connectivity index (χ1) is 12.4. The minimum absolute atomic E-state index is 0.0548. The summed E-state index contributed by atoms with van der Waals surface area (Å²) in [4.78, 5) is 0. The molecule has 26 heavy (non-hydrogen) atoms. The lowest BCUT2D eigenvalue weighted by atomic mass is 10.2. The van der Waals surface area contributed by atoms with Crippen molar-refractivity contribution in [3.63, 3.8) is 0 Å². The van der Waals surface area contributed by atoms with Gasteiger partial charge < -0.3 is 9.84 Å². The van der Waals surface area contributed by atoms with E-state index in [9.17, 15) is 5.11 Å². The zero-order valence-electron chi connectivity index (χ0n) is 13.8. The molecule has 0 aliphatic rings. The summed E-state index contributed by atoms with van der Waals surface area (Å²) in [6.07, 6.45) is 1.60. The van der Waals surface area contributed by atoms with Gasteiger partial charge in [-0.1, -0.05) is 23.2 Å². The summed E-state index contributed by atoms with van der Waals surface area (Å²) < 4.78 is 8.58. The van der Waals surface area contributed by atoms with Crippen molar-refractivity contribution in [2.24, 2.45) is 12.1 Å². The molecule has 1 N–H and O–H groups in total. The molecule has 0 amide bonds. The summed E-state index contributed by atoms with van der Waals surface area (Å²) in [5, 5.41) is 19.4. The van der Waals surface area contributed by atoms with Crippen molar-refractivity contribution < 1.29 is 9.84 Å². The van der Waals surface area contributed by atoms with E-state index in [1.54, 1.807) is 48.3 Å². The molecule has 0 radical (unpaired) electrons. The van der Waals surface area contributed by atoms with Gasteiger partial charge in [0.05, 0.1) is 23.4 Å². The Bertz CT molecular complexity index is 1060. The fraction of sp³-hybridized carbons (Fsp3) is 0.118. The zero-order chi connectivity index (χ0) is 18.8. The first-order valence-corrected chi connectivity index (χ1v) is 8.60. The molecule has 0 saturated heterocycles. The van der Waals surface area contributed by atoms with Gasteiger partial charge >= 0.3 is 0 Å². The molecule has 0 fully saturated rings. The topological polar surface area (TPSA) is 64.6 Å². The summed E-state index contributed by atoms with van der Waals surface area (Å²) in [7, 11) is 3.22. The van der Waals surface area contributed by atoms with E-state index in [2.05, 4.69) is 10.2 Å². The van der Waals surface area contributed by atoms with Gasteiger partial charge in [-0.15, -0.1) is 5.10 Å². The Morgan fingerprint density at radius 2 is 1.96 bits per heavy atom. The van der Waals surface area contributed by atoms with E-state index >= 15 is 0 Å². The van der Waals surface area contributed by atoms with E-state index in [1.807, 2.05) is 0 Å². The minimum Gasteiger partial charge on any atom is -0.504 e. The largest absolute Gasteiger partial charge is 0.504 e. The van der Waals surface area contributed by atoms with Crippen LogP contribution in [0.2, 0.25) is 10.0 Å². The zero-order valence-corrected chi connectivity index (χ0v) is 16.2. The third-order valence-electron chi connectivity index (χ3n) is 3.61. The van der Waals surface area contributed by atoms with Crippen LogP contribution >= 0.6 is 35.4 Å². The number of aromatic nitrogens is 3. The van der Waals surface area contributed by atoms with E-state index in [1.165, 1.54) is 17.9 Å². The van der Waals surface area contributed by atoms with Gasteiger partial charge in [-0.25, -0.2) is 4.68 Å². The maximum atomic E-state index is 9.68. The Kier molecular flexibility index (Phi) is 5.31. The summed E-state index contributed by atoms with van der Waals surface area (Å²) in [5.41, 5.74) is 1.46. The maximum Gasteiger partial charge on any atom is 0.219 e. The lowest BCUT2D eigenvalue weighted by molar-refractivity contribution is 0.373. The molecule has 3 aromatic rings. The number of aromatic hydroxyl groups is 1. The molecule has 134 valence electrons. The smallest absolute Gasteiger partial charge is 0.219 e. The standard InChI is InChI=1S/C17H14Cl2N4O2S/c1-22-17(26)23(16(21-22)11-4-5-12(18)13(19)8-11)20-9-10-3-6-14(24)15(7-10)25-2/h3-9,24H,1-2H3/b20-9+. The number of phenolic OH excluding ortho intramolecular Hbond substituents is 1. The fourth-order valence-corrected chi connectivity index (χ4v) is 2.75. The highest BCUT2D eigenvalue weighted by Crippen LogP contribution is 2.28. The third kappa shape index (κ3) is 3.60. The normalized spacial score (nSPS) is 11.2.